The predicted molar refractivity (Wildman–Crippen MR) is 101 cm³/mol. The van der Waals surface area contributed by atoms with Crippen molar-refractivity contribution in [2.24, 2.45) is 0 Å². The van der Waals surface area contributed by atoms with Crippen LogP contribution in [0, 0.1) is 6.92 Å². The van der Waals surface area contributed by atoms with Crippen LogP contribution in [0.25, 0.3) is 0 Å². The van der Waals surface area contributed by atoms with Gasteiger partial charge in [0.1, 0.15) is 0 Å². The molecular formula is C19H20BrNO4. The Bertz CT molecular complexity index is 772. The zero-order valence-corrected chi connectivity index (χ0v) is 16.0. The Kier molecular flexibility index (Phi) is 6.58. The number of carbonyl (C=O) groups excluding carboxylic acids is 2. The minimum atomic E-state index is -0.221. The van der Waals surface area contributed by atoms with Gasteiger partial charge in [-0.2, -0.15) is 0 Å². The van der Waals surface area contributed by atoms with Gasteiger partial charge < -0.3 is 14.8 Å². The number of amides is 1. The molecule has 0 bridgehead atoms. The molecule has 0 aliphatic heterocycles. The number of Topliss-reactive ketones (excluding diaryl/α,β-unsaturated/α-hetero) is 1. The molecule has 5 nitrogen and oxygen atoms in total. The molecule has 2 rings (SSSR count). The summed E-state index contributed by atoms with van der Waals surface area (Å²) in [6.07, 6.45) is 0.266. The van der Waals surface area contributed by atoms with E-state index in [4.69, 9.17) is 9.47 Å². The molecule has 0 spiro atoms. The zero-order chi connectivity index (χ0) is 18.4. The number of rotatable bonds is 7. The van der Waals surface area contributed by atoms with E-state index in [0.29, 0.717) is 22.7 Å². The highest BCUT2D eigenvalue weighted by Gasteiger charge is 2.13. The number of hydrogen-bond donors (Lipinski definition) is 1. The topological polar surface area (TPSA) is 64.6 Å². The highest BCUT2D eigenvalue weighted by Crippen LogP contribution is 2.32. The van der Waals surface area contributed by atoms with Gasteiger partial charge in [0.05, 0.1) is 14.2 Å². The highest BCUT2D eigenvalue weighted by molar-refractivity contribution is 9.10. The third kappa shape index (κ3) is 5.06. The van der Waals surface area contributed by atoms with Crippen molar-refractivity contribution < 1.29 is 19.1 Å². The molecule has 6 heteroatoms. The van der Waals surface area contributed by atoms with Crippen molar-refractivity contribution in [2.45, 2.75) is 19.8 Å². The largest absolute Gasteiger partial charge is 0.493 e. The maximum atomic E-state index is 12.2. The van der Waals surface area contributed by atoms with E-state index in [1.165, 1.54) is 7.11 Å². The summed E-state index contributed by atoms with van der Waals surface area (Å²) in [7, 11) is 3.10. The number of nitrogens with one attached hydrogen (secondary N) is 1. The number of aryl methyl sites for hydroxylation is 1. The van der Waals surface area contributed by atoms with Crippen LogP contribution in [0.3, 0.4) is 0 Å². The summed E-state index contributed by atoms with van der Waals surface area (Å²) in [5.74, 6) is 0.852. The Hall–Kier alpha value is -2.34. The van der Waals surface area contributed by atoms with E-state index in [-0.39, 0.29) is 24.5 Å². The minimum Gasteiger partial charge on any atom is -0.493 e. The standard InChI is InChI=1S/C19H20BrNO4/c1-12-10-17(24-2)18(25-3)11-15(12)21-19(23)9-8-16(22)13-4-6-14(20)7-5-13/h4-7,10-11H,8-9H2,1-3H3,(H,21,23). The van der Waals surface area contributed by atoms with Crippen LogP contribution in [0.15, 0.2) is 40.9 Å². The van der Waals surface area contributed by atoms with Gasteiger partial charge in [0, 0.05) is 34.6 Å². The number of methoxy groups -OCH3 is 2. The summed E-state index contributed by atoms with van der Waals surface area (Å²) >= 11 is 3.33. The molecular weight excluding hydrogens is 386 g/mol. The lowest BCUT2D eigenvalue weighted by Gasteiger charge is -2.13. The van der Waals surface area contributed by atoms with E-state index >= 15 is 0 Å². The molecule has 0 aliphatic carbocycles. The van der Waals surface area contributed by atoms with Gasteiger partial charge >= 0.3 is 0 Å². The maximum absolute atomic E-state index is 12.2. The van der Waals surface area contributed by atoms with Crippen LogP contribution < -0.4 is 14.8 Å². The van der Waals surface area contributed by atoms with E-state index in [1.54, 1.807) is 43.5 Å². The van der Waals surface area contributed by atoms with Crippen molar-refractivity contribution in [1.82, 2.24) is 0 Å². The second kappa shape index (κ2) is 8.67. The maximum Gasteiger partial charge on any atom is 0.224 e. The summed E-state index contributed by atoms with van der Waals surface area (Å²) in [5.41, 5.74) is 2.09. The SMILES string of the molecule is COc1cc(C)c(NC(=O)CCC(=O)c2ccc(Br)cc2)cc1OC. The van der Waals surface area contributed by atoms with Crippen LogP contribution in [0.2, 0.25) is 0 Å². The molecule has 0 saturated carbocycles. The van der Waals surface area contributed by atoms with Crippen molar-refractivity contribution in [1.29, 1.82) is 0 Å². The second-order valence-corrected chi connectivity index (χ2v) is 6.42. The molecule has 25 heavy (non-hydrogen) atoms. The smallest absolute Gasteiger partial charge is 0.224 e. The third-order valence-electron chi connectivity index (χ3n) is 3.75. The summed E-state index contributed by atoms with van der Waals surface area (Å²) in [5, 5.41) is 2.82. The van der Waals surface area contributed by atoms with E-state index in [9.17, 15) is 9.59 Å². The predicted octanol–water partition coefficient (Wildman–Crippen LogP) is 4.38. The molecule has 0 unspecified atom stereocenters. The summed E-state index contributed by atoms with van der Waals surface area (Å²) in [6.45, 7) is 1.87. The van der Waals surface area contributed by atoms with Crippen molar-refractivity contribution >= 4 is 33.3 Å². The molecule has 2 aromatic carbocycles. The van der Waals surface area contributed by atoms with Gasteiger partial charge in [-0.15, -0.1) is 0 Å². The van der Waals surface area contributed by atoms with E-state index in [0.717, 1.165) is 10.0 Å². The monoisotopic (exact) mass is 405 g/mol. The van der Waals surface area contributed by atoms with Crippen molar-refractivity contribution in [2.75, 3.05) is 19.5 Å². The van der Waals surface area contributed by atoms with Crippen LogP contribution >= 0.6 is 15.9 Å². The minimum absolute atomic E-state index is 0.0633. The molecule has 1 amide bonds. The van der Waals surface area contributed by atoms with Crippen LogP contribution in [0.5, 0.6) is 11.5 Å². The molecule has 0 fully saturated rings. The highest BCUT2D eigenvalue weighted by atomic mass is 79.9. The molecule has 1 N–H and O–H groups in total. The van der Waals surface area contributed by atoms with Gasteiger partial charge in [-0.05, 0) is 30.7 Å². The Labute approximate surface area is 155 Å². The van der Waals surface area contributed by atoms with Gasteiger partial charge in [0.15, 0.2) is 17.3 Å². The average Bonchev–Trinajstić information content (AvgIpc) is 2.61. The number of anilines is 1. The van der Waals surface area contributed by atoms with Crippen molar-refractivity contribution in [3.63, 3.8) is 0 Å². The number of benzene rings is 2. The van der Waals surface area contributed by atoms with Crippen LogP contribution in [0.1, 0.15) is 28.8 Å². The lowest BCUT2D eigenvalue weighted by Crippen LogP contribution is -2.14. The fourth-order valence-corrected chi connectivity index (χ4v) is 2.60. The molecule has 0 aliphatic rings. The third-order valence-corrected chi connectivity index (χ3v) is 4.28. The van der Waals surface area contributed by atoms with Crippen LogP contribution in [0.4, 0.5) is 5.69 Å². The first-order chi connectivity index (χ1) is 11.9. The molecule has 0 heterocycles. The van der Waals surface area contributed by atoms with Gasteiger partial charge in [0.25, 0.3) is 0 Å². The quantitative estimate of drug-likeness (QED) is 0.694. The first-order valence-corrected chi connectivity index (χ1v) is 8.55. The van der Waals surface area contributed by atoms with Crippen molar-refractivity contribution in [3.8, 4) is 11.5 Å². The average molecular weight is 406 g/mol. The van der Waals surface area contributed by atoms with Gasteiger partial charge in [-0.1, -0.05) is 28.1 Å². The summed E-state index contributed by atoms with van der Waals surface area (Å²) < 4.78 is 11.4. The number of carbonyl (C=O) groups is 2. The van der Waals surface area contributed by atoms with Crippen LogP contribution in [-0.2, 0) is 4.79 Å². The normalized spacial score (nSPS) is 10.2. The fraction of sp³-hybridized carbons (Fsp3) is 0.263. The van der Waals surface area contributed by atoms with Gasteiger partial charge in [-0.3, -0.25) is 9.59 Å². The molecule has 0 saturated heterocycles. The van der Waals surface area contributed by atoms with E-state index in [1.807, 2.05) is 6.92 Å². The van der Waals surface area contributed by atoms with Crippen LogP contribution in [-0.4, -0.2) is 25.9 Å². The van der Waals surface area contributed by atoms with Crippen molar-refractivity contribution in [3.05, 3.63) is 52.0 Å². The number of halogens is 1. The summed E-state index contributed by atoms with van der Waals surface area (Å²) in [4.78, 5) is 24.3. The fourth-order valence-electron chi connectivity index (χ4n) is 2.34. The second-order valence-electron chi connectivity index (χ2n) is 5.50. The molecule has 0 radical (unpaired) electrons. The van der Waals surface area contributed by atoms with E-state index in [2.05, 4.69) is 21.2 Å². The lowest BCUT2D eigenvalue weighted by molar-refractivity contribution is -0.116. The first kappa shape index (κ1) is 19.0. The molecule has 0 aromatic heterocycles. The Morgan fingerprint density at radius 2 is 1.60 bits per heavy atom. The first-order valence-electron chi connectivity index (χ1n) is 7.76. The molecule has 2 aromatic rings. The van der Waals surface area contributed by atoms with E-state index < -0.39 is 0 Å². The molecule has 0 atom stereocenters. The Morgan fingerprint density at radius 1 is 1.00 bits per heavy atom. The van der Waals surface area contributed by atoms with Gasteiger partial charge in [-0.25, -0.2) is 0 Å². The lowest BCUT2D eigenvalue weighted by atomic mass is 10.1. The number of ether oxygens (including phenoxy) is 2. The number of hydrogen-bond acceptors (Lipinski definition) is 4. The molecule has 132 valence electrons. The Balaban J connectivity index is 1.98. The summed E-state index contributed by atoms with van der Waals surface area (Å²) in [6, 6.07) is 10.6. The number of ketones is 1. The Morgan fingerprint density at radius 3 is 2.20 bits per heavy atom. The van der Waals surface area contributed by atoms with Gasteiger partial charge in [0.2, 0.25) is 5.91 Å². The zero-order valence-electron chi connectivity index (χ0n) is 14.4.